The molecule has 3 amide bonds. The van der Waals surface area contributed by atoms with Crippen LogP contribution in [0.5, 0.6) is 0 Å². The second-order valence-electron chi connectivity index (χ2n) is 8.54. The highest BCUT2D eigenvalue weighted by atomic mass is 79.9. The molecular weight excluding hydrogens is 492 g/mol. The molecule has 0 unspecified atom stereocenters. The van der Waals surface area contributed by atoms with E-state index < -0.39 is 5.54 Å². The largest absolute Gasteiger partial charge is 0.327 e. The van der Waals surface area contributed by atoms with Gasteiger partial charge in [-0.05, 0) is 49.1 Å². The second kappa shape index (κ2) is 10.3. The van der Waals surface area contributed by atoms with Crippen molar-refractivity contribution in [1.29, 1.82) is 0 Å². The van der Waals surface area contributed by atoms with Crippen LogP contribution in [-0.2, 0) is 11.3 Å². The molecule has 4 rings (SSSR count). The summed E-state index contributed by atoms with van der Waals surface area (Å²) in [6.07, 6.45) is 2.19. The summed E-state index contributed by atoms with van der Waals surface area (Å²) in [6.45, 7) is 2.78. The Kier molecular flexibility index (Phi) is 7.98. The lowest BCUT2D eigenvalue weighted by atomic mass is 9.86. The molecule has 2 aromatic carbocycles. The molecule has 0 bridgehead atoms. The van der Waals surface area contributed by atoms with Crippen molar-refractivity contribution in [2.75, 3.05) is 26.7 Å². The maximum Gasteiger partial charge on any atom is 0.327 e. The first kappa shape index (κ1) is 24.7. The zero-order valence-electron chi connectivity index (χ0n) is 18.2. The number of likely N-dealkylation sites (N-methyl/N-ethyl adjacent to an activating group) is 1. The average Bonchev–Trinajstić information content (AvgIpc) is 2.96. The van der Waals surface area contributed by atoms with Gasteiger partial charge in [0, 0.05) is 30.7 Å². The summed E-state index contributed by atoms with van der Waals surface area (Å²) in [4.78, 5) is 31.7. The predicted molar refractivity (Wildman–Crippen MR) is 131 cm³/mol. The summed E-state index contributed by atoms with van der Waals surface area (Å²) < 4.78 is 0.975. The first-order chi connectivity index (χ1) is 14.9. The molecule has 8 heteroatoms. The summed E-state index contributed by atoms with van der Waals surface area (Å²) in [5.74, 6) is -0.0662. The topological polar surface area (TPSA) is 69.9 Å². The Morgan fingerprint density at radius 1 is 1.03 bits per heavy atom. The Hall–Kier alpha value is -1.93. The number of hydrogen-bond donors (Lipinski definition) is 1. The van der Waals surface area contributed by atoms with E-state index in [0.717, 1.165) is 41.7 Å². The van der Waals surface area contributed by atoms with Crippen molar-refractivity contribution < 1.29 is 9.59 Å². The first-order valence-electron chi connectivity index (χ1n) is 10.8. The van der Waals surface area contributed by atoms with Crippen molar-refractivity contribution in [2.24, 2.45) is 5.73 Å². The minimum Gasteiger partial charge on any atom is -0.324 e. The summed E-state index contributed by atoms with van der Waals surface area (Å²) in [5.41, 5.74) is 7.73. The normalized spacial score (nSPS) is 19.3. The molecule has 0 aromatic heterocycles. The quantitative estimate of drug-likeness (QED) is 0.579. The Bertz CT molecular complexity index is 933. The van der Waals surface area contributed by atoms with E-state index in [4.69, 9.17) is 5.73 Å². The van der Waals surface area contributed by atoms with Crippen LogP contribution in [-0.4, -0.2) is 58.9 Å². The Labute approximate surface area is 204 Å². The Balaban J connectivity index is 0.00000289. The van der Waals surface area contributed by atoms with Crippen molar-refractivity contribution in [3.05, 3.63) is 70.2 Å². The van der Waals surface area contributed by atoms with Crippen LogP contribution < -0.4 is 5.73 Å². The van der Waals surface area contributed by atoms with Crippen LogP contribution in [0.2, 0.25) is 0 Å². The number of imide groups is 1. The van der Waals surface area contributed by atoms with Crippen LogP contribution in [0, 0.1) is 0 Å². The van der Waals surface area contributed by atoms with Crippen LogP contribution in [0.25, 0.3) is 0 Å². The lowest BCUT2D eigenvalue weighted by Gasteiger charge is -2.41. The van der Waals surface area contributed by atoms with Crippen LogP contribution in [0.3, 0.4) is 0 Å². The fourth-order valence-electron chi connectivity index (χ4n) is 4.64. The molecule has 2 saturated heterocycles. The van der Waals surface area contributed by atoms with Gasteiger partial charge in [0.2, 0.25) is 0 Å². The standard InChI is InChI=1S/C24H29BrN4O2.ClH/c1-27-23(31)29(17-18-7-9-20(25)10-8-18)22(30)24(27)12-15-28(16-13-24)14-11-21(26)19-5-3-2-4-6-19;/h2-10,21H,11-17,26H2,1H3;1H/t21-;/m0./s1. The van der Waals surface area contributed by atoms with Crippen molar-refractivity contribution in [1.82, 2.24) is 14.7 Å². The lowest BCUT2D eigenvalue weighted by Crippen LogP contribution is -2.55. The summed E-state index contributed by atoms with van der Waals surface area (Å²) in [7, 11) is 1.77. The summed E-state index contributed by atoms with van der Waals surface area (Å²) >= 11 is 3.42. The van der Waals surface area contributed by atoms with Crippen molar-refractivity contribution in [3.63, 3.8) is 0 Å². The third-order valence-electron chi connectivity index (χ3n) is 6.72. The van der Waals surface area contributed by atoms with Crippen LogP contribution in [0.15, 0.2) is 59.1 Å². The Morgan fingerprint density at radius 3 is 2.28 bits per heavy atom. The molecule has 172 valence electrons. The van der Waals surface area contributed by atoms with Crippen molar-refractivity contribution in [2.45, 2.75) is 37.4 Å². The fraction of sp³-hybridized carbons (Fsp3) is 0.417. The van der Waals surface area contributed by atoms with Crippen molar-refractivity contribution in [3.8, 4) is 0 Å². The number of amides is 3. The zero-order chi connectivity index (χ0) is 22.0. The van der Waals surface area contributed by atoms with Crippen LogP contribution >= 0.6 is 28.3 Å². The minimum atomic E-state index is -0.718. The third-order valence-corrected chi connectivity index (χ3v) is 7.25. The molecule has 0 aliphatic carbocycles. The molecule has 2 aliphatic heterocycles. The first-order valence-corrected chi connectivity index (χ1v) is 11.6. The summed E-state index contributed by atoms with van der Waals surface area (Å²) in [5, 5.41) is 0. The predicted octanol–water partition coefficient (Wildman–Crippen LogP) is 4.19. The zero-order valence-corrected chi connectivity index (χ0v) is 20.6. The van der Waals surface area contributed by atoms with E-state index in [2.05, 4.69) is 33.0 Å². The van der Waals surface area contributed by atoms with E-state index in [0.29, 0.717) is 19.4 Å². The third kappa shape index (κ3) is 4.86. The second-order valence-corrected chi connectivity index (χ2v) is 9.45. The average molecular weight is 522 g/mol. The van der Waals surface area contributed by atoms with E-state index in [1.54, 1.807) is 11.9 Å². The monoisotopic (exact) mass is 520 g/mol. The van der Waals surface area contributed by atoms with Gasteiger partial charge in [0.05, 0.1) is 6.54 Å². The molecule has 2 fully saturated rings. The molecule has 2 aromatic rings. The molecule has 6 nitrogen and oxygen atoms in total. The smallest absolute Gasteiger partial charge is 0.324 e. The van der Waals surface area contributed by atoms with E-state index in [-0.39, 0.29) is 30.4 Å². The number of carbonyl (C=O) groups excluding carboxylic acids is 2. The van der Waals surface area contributed by atoms with Gasteiger partial charge >= 0.3 is 6.03 Å². The van der Waals surface area contributed by atoms with Gasteiger partial charge in [0.25, 0.3) is 5.91 Å². The van der Waals surface area contributed by atoms with E-state index >= 15 is 0 Å². The molecular formula is C24H30BrClN4O2. The molecule has 2 aliphatic rings. The van der Waals surface area contributed by atoms with E-state index in [9.17, 15) is 9.59 Å². The van der Waals surface area contributed by atoms with Crippen LogP contribution in [0.1, 0.15) is 36.4 Å². The van der Waals surface area contributed by atoms with Crippen molar-refractivity contribution >= 4 is 40.3 Å². The van der Waals surface area contributed by atoms with Gasteiger partial charge in [0.1, 0.15) is 5.54 Å². The highest BCUT2D eigenvalue weighted by Crippen LogP contribution is 2.37. The molecule has 1 atom stereocenters. The van der Waals surface area contributed by atoms with Crippen LogP contribution in [0.4, 0.5) is 4.79 Å². The fourth-order valence-corrected chi connectivity index (χ4v) is 4.91. The SMILES string of the molecule is CN1C(=O)N(Cc2ccc(Br)cc2)C(=O)C12CCN(CC[C@H](N)c1ccccc1)CC2.Cl. The van der Waals surface area contributed by atoms with Gasteiger partial charge in [0.15, 0.2) is 0 Å². The maximum absolute atomic E-state index is 13.3. The number of carbonyl (C=O) groups is 2. The van der Waals surface area contributed by atoms with E-state index in [1.807, 2.05) is 42.5 Å². The number of rotatable bonds is 6. The molecule has 2 N–H and O–H groups in total. The lowest BCUT2D eigenvalue weighted by molar-refractivity contribution is -0.135. The number of piperidine rings is 1. The number of halogens is 2. The van der Waals surface area contributed by atoms with E-state index in [1.165, 1.54) is 4.90 Å². The van der Waals surface area contributed by atoms with Gasteiger partial charge in [-0.3, -0.25) is 9.69 Å². The van der Waals surface area contributed by atoms with Gasteiger partial charge < -0.3 is 15.5 Å². The van der Waals surface area contributed by atoms with Gasteiger partial charge in [-0.1, -0.05) is 58.4 Å². The highest BCUT2D eigenvalue weighted by molar-refractivity contribution is 9.10. The number of hydrogen-bond acceptors (Lipinski definition) is 4. The number of likely N-dealkylation sites (tertiary alicyclic amines) is 1. The Morgan fingerprint density at radius 2 is 1.66 bits per heavy atom. The number of benzene rings is 2. The van der Waals surface area contributed by atoms with Gasteiger partial charge in [-0.2, -0.15) is 0 Å². The maximum atomic E-state index is 13.3. The molecule has 1 spiro atoms. The van der Waals surface area contributed by atoms with Gasteiger partial charge in [-0.25, -0.2) is 4.79 Å². The molecule has 32 heavy (non-hydrogen) atoms. The molecule has 0 saturated carbocycles. The minimum absolute atomic E-state index is 0. The van der Waals surface area contributed by atoms with Gasteiger partial charge in [-0.15, -0.1) is 12.4 Å². The number of urea groups is 1. The number of nitrogens with zero attached hydrogens (tertiary/aromatic N) is 3. The highest BCUT2D eigenvalue weighted by Gasteiger charge is 2.56. The number of nitrogens with two attached hydrogens (primary N) is 1. The molecule has 0 radical (unpaired) electrons. The summed E-state index contributed by atoms with van der Waals surface area (Å²) in [6, 6.07) is 17.7. The molecule has 2 heterocycles.